The lowest BCUT2D eigenvalue weighted by Gasteiger charge is -2.34. The first-order chi connectivity index (χ1) is 10.1. The quantitative estimate of drug-likeness (QED) is 0.912. The van der Waals surface area contributed by atoms with Crippen LogP contribution in [0.4, 0.5) is 0 Å². The number of nitrogens with zero attached hydrogens (tertiary/aromatic N) is 3. The molecule has 1 aromatic heterocycles. The first-order valence-corrected chi connectivity index (χ1v) is 7.30. The van der Waals surface area contributed by atoms with Crippen molar-refractivity contribution in [1.29, 1.82) is 0 Å². The highest BCUT2D eigenvalue weighted by atomic mass is 16.2. The maximum Gasteiger partial charge on any atom is 0.257 e. The van der Waals surface area contributed by atoms with Crippen LogP contribution in [0.25, 0.3) is 5.69 Å². The number of nitrogens with two attached hydrogens (primary N) is 1. The average molecular weight is 284 g/mol. The van der Waals surface area contributed by atoms with Gasteiger partial charge >= 0.3 is 0 Å². The van der Waals surface area contributed by atoms with Crippen molar-refractivity contribution in [3.63, 3.8) is 0 Å². The second kappa shape index (κ2) is 5.69. The molecule has 0 aliphatic carbocycles. The number of para-hydroxylation sites is 1. The molecular weight excluding hydrogens is 264 g/mol. The van der Waals surface area contributed by atoms with Crippen molar-refractivity contribution in [3.05, 3.63) is 48.3 Å². The number of rotatable bonds is 2. The number of carbonyl (C=O) groups excluding carboxylic acids is 1. The predicted molar refractivity (Wildman–Crippen MR) is 81.2 cm³/mol. The van der Waals surface area contributed by atoms with Gasteiger partial charge in [0.1, 0.15) is 0 Å². The first kappa shape index (κ1) is 13.8. The minimum absolute atomic E-state index is 0.0135. The molecule has 0 saturated carbocycles. The summed E-state index contributed by atoms with van der Waals surface area (Å²) >= 11 is 0. The van der Waals surface area contributed by atoms with Crippen molar-refractivity contribution in [2.75, 3.05) is 13.1 Å². The average Bonchev–Trinajstić information content (AvgIpc) is 3.00. The van der Waals surface area contributed by atoms with Crippen molar-refractivity contribution >= 4 is 5.91 Å². The predicted octanol–water partition coefficient (Wildman–Crippen LogP) is 1.68. The SMILES string of the molecule is CC1CCN(C(=O)c2cnn(-c3ccccc3)c2)CC1N. The second-order valence-electron chi connectivity index (χ2n) is 5.69. The summed E-state index contributed by atoms with van der Waals surface area (Å²) in [6, 6.07) is 9.83. The van der Waals surface area contributed by atoms with E-state index in [-0.39, 0.29) is 11.9 Å². The summed E-state index contributed by atoms with van der Waals surface area (Å²) in [6.45, 7) is 3.53. The van der Waals surface area contributed by atoms with Crippen LogP contribution in [0.3, 0.4) is 0 Å². The van der Waals surface area contributed by atoms with Crippen molar-refractivity contribution in [2.24, 2.45) is 11.7 Å². The zero-order valence-electron chi connectivity index (χ0n) is 12.1. The van der Waals surface area contributed by atoms with Gasteiger partial charge in [-0.15, -0.1) is 0 Å². The number of carbonyl (C=O) groups is 1. The summed E-state index contributed by atoms with van der Waals surface area (Å²) < 4.78 is 1.72. The molecular formula is C16H20N4O. The van der Waals surface area contributed by atoms with E-state index in [1.54, 1.807) is 17.1 Å². The van der Waals surface area contributed by atoms with Gasteiger partial charge in [-0.2, -0.15) is 5.10 Å². The summed E-state index contributed by atoms with van der Waals surface area (Å²) in [6.07, 6.45) is 4.36. The van der Waals surface area contributed by atoms with Crippen LogP contribution in [-0.4, -0.2) is 39.7 Å². The highest BCUT2D eigenvalue weighted by Crippen LogP contribution is 2.18. The van der Waals surface area contributed by atoms with E-state index in [9.17, 15) is 4.79 Å². The van der Waals surface area contributed by atoms with Gasteiger partial charge in [0.25, 0.3) is 5.91 Å². The van der Waals surface area contributed by atoms with Gasteiger partial charge in [-0.05, 0) is 24.5 Å². The highest BCUT2D eigenvalue weighted by Gasteiger charge is 2.27. The largest absolute Gasteiger partial charge is 0.337 e. The number of hydrogen-bond donors (Lipinski definition) is 1. The second-order valence-corrected chi connectivity index (χ2v) is 5.69. The van der Waals surface area contributed by atoms with Crippen molar-refractivity contribution in [1.82, 2.24) is 14.7 Å². The lowest BCUT2D eigenvalue weighted by molar-refractivity contribution is 0.0672. The van der Waals surface area contributed by atoms with Crippen LogP contribution in [-0.2, 0) is 0 Å². The van der Waals surface area contributed by atoms with Gasteiger partial charge < -0.3 is 10.6 Å². The molecule has 110 valence electrons. The minimum Gasteiger partial charge on any atom is -0.337 e. The molecule has 1 aliphatic heterocycles. The molecule has 1 aliphatic rings. The number of piperidine rings is 1. The number of hydrogen-bond acceptors (Lipinski definition) is 3. The molecule has 2 N–H and O–H groups in total. The zero-order chi connectivity index (χ0) is 14.8. The van der Waals surface area contributed by atoms with E-state index in [1.807, 2.05) is 35.2 Å². The molecule has 0 spiro atoms. The Morgan fingerprint density at radius 3 is 2.81 bits per heavy atom. The Kier molecular flexibility index (Phi) is 3.75. The summed E-state index contributed by atoms with van der Waals surface area (Å²) in [5, 5.41) is 4.27. The molecule has 1 amide bonds. The topological polar surface area (TPSA) is 64.2 Å². The fourth-order valence-corrected chi connectivity index (χ4v) is 2.62. The Morgan fingerprint density at radius 1 is 1.33 bits per heavy atom. The Balaban J connectivity index is 1.76. The van der Waals surface area contributed by atoms with Crippen LogP contribution in [0.15, 0.2) is 42.7 Å². The molecule has 2 aromatic rings. The molecule has 1 aromatic carbocycles. The Labute approximate surface area is 124 Å². The molecule has 5 nitrogen and oxygen atoms in total. The lowest BCUT2D eigenvalue weighted by Crippen LogP contribution is -2.49. The maximum absolute atomic E-state index is 12.5. The maximum atomic E-state index is 12.5. The van der Waals surface area contributed by atoms with E-state index >= 15 is 0 Å². The summed E-state index contributed by atoms with van der Waals surface area (Å²) in [7, 11) is 0. The molecule has 3 rings (SSSR count). The van der Waals surface area contributed by atoms with E-state index < -0.39 is 0 Å². The van der Waals surface area contributed by atoms with Gasteiger partial charge in [0, 0.05) is 25.3 Å². The van der Waals surface area contributed by atoms with E-state index in [1.165, 1.54) is 0 Å². The standard InChI is InChI=1S/C16H20N4O/c1-12-7-8-19(11-15(12)17)16(21)13-9-18-20(10-13)14-5-3-2-4-6-14/h2-6,9-10,12,15H,7-8,11,17H2,1H3. The van der Waals surface area contributed by atoms with Gasteiger partial charge in [0.05, 0.1) is 17.4 Å². The number of benzene rings is 1. The van der Waals surface area contributed by atoms with Crippen LogP contribution in [0.2, 0.25) is 0 Å². The van der Waals surface area contributed by atoms with Crippen molar-refractivity contribution in [3.8, 4) is 5.69 Å². The number of likely N-dealkylation sites (tertiary alicyclic amines) is 1. The monoisotopic (exact) mass is 284 g/mol. The van der Waals surface area contributed by atoms with Gasteiger partial charge in [-0.25, -0.2) is 4.68 Å². The molecule has 2 unspecified atom stereocenters. The summed E-state index contributed by atoms with van der Waals surface area (Å²) in [5.74, 6) is 0.487. The molecule has 5 heteroatoms. The van der Waals surface area contributed by atoms with E-state index in [4.69, 9.17) is 5.73 Å². The van der Waals surface area contributed by atoms with E-state index in [0.29, 0.717) is 18.0 Å². The van der Waals surface area contributed by atoms with E-state index in [2.05, 4.69) is 12.0 Å². The van der Waals surface area contributed by atoms with Crippen LogP contribution in [0, 0.1) is 5.92 Å². The van der Waals surface area contributed by atoms with Crippen LogP contribution in [0.1, 0.15) is 23.7 Å². The fourth-order valence-electron chi connectivity index (χ4n) is 2.62. The van der Waals surface area contributed by atoms with Crippen LogP contribution < -0.4 is 5.73 Å². The Bertz CT molecular complexity index is 622. The van der Waals surface area contributed by atoms with Crippen molar-refractivity contribution < 1.29 is 4.79 Å². The summed E-state index contributed by atoms with van der Waals surface area (Å²) in [4.78, 5) is 14.3. The van der Waals surface area contributed by atoms with Gasteiger partial charge in [-0.1, -0.05) is 25.1 Å². The molecule has 21 heavy (non-hydrogen) atoms. The minimum atomic E-state index is 0.0135. The Hall–Kier alpha value is -2.14. The van der Waals surface area contributed by atoms with Gasteiger partial charge in [0.2, 0.25) is 0 Å². The fraction of sp³-hybridized carbons (Fsp3) is 0.375. The third-order valence-corrected chi connectivity index (χ3v) is 4.15. The van der Waals surface area contributed by atoms with Crippen molar-refractivity contribution in [2.45, 2.75) is 19.4 Å². The third kappa shape index (κ3) is 2.83. The molecule has 1 fully saturated rings. The van der Waals surface area contributed by atoms with Crippen LogP contribution in [0.5, 0.6) is 0 Å². The molecule has 0 bridgehead atoms. The number of amides is 1. The normalized spacial score (nSPS) is 22.3. The molecule has 1 saturated heterocycles. The lowest BCUT2D eigenvalue weighted by atomic mass is 9.94. The van der Waals surface area contributed by atoms with Crippen LogP contribution >= 0.6 is 0 Å². The molecule has 2 atom stereocenters. The van der Waals surface area contributed by atoms with E-state index in [0.717, 1.165) is 18.7 Å². The van der Waals surface area contributed by atoms with Gasteiger partial charge in [-0.3, -0.25) is 4.79 Å². The smallest absolute Gasteiger partial charge is 0.257 e. The van der Waals surface area contributed by atoms with Gasteiger partial charge in [0.15, 0.2) is 0 Å². The highest BCUT2D eigenvalue weighted by molar-refractivity contribution is 5.93. The summed E-state index contributed by atoms with van der Waals surface area (Å²) in [5.41, 5.74) is 7.62. The molecule has 0 radical (unpaired) electrons. The first-order valence-electron chi connectivity index (χ1n) is 7.30. The zero-order valence-corrected chi connectivity index (χ0v) is 12.1. The molecule has 2 heterocycles. The Morgan fingerprint density at radius 2 is 2.10 bits per heavy atom. The number of aromatic nitrogens is 2. The third-order valence-electron chi connectivity index (χ3n) is 4.15.